The minimum Gasteiger partial charge on any atom is -1.00 e. The van der Waals surface area contributed by atoms with E-state index in [0.717, 1.165) is 0 Å². The van der Waals surface area contributed by atoms with Gasteiger partial charge in [-0.1, -0.05) is 0 Å². The molecule has 1 aromatic rings. The first-order valence-electron chi connectivity index (χ1n) is 1.57. The van der Waals surface area contributed by atoms with Gasteiger partial charge in [0, 0.05) is 9.85 Å². The monoisotopic (exact) mass is 188 g/mol. The van der Waals surface area contributed by atoms with Gasteiger partial charge >= 0.3 is 23.1 Å². The normalized spacial score (nSPS) is 7.57. The van der Waals surface area contributed by atoms with Crippen molar-refractivity contribution in [1.82, 2.24) is 0 Å². The summed E-state index contributed by atoms with van der Waals surface area (Å²) in [6.07, 6.45) is 0. The van der Waals surface area contributed by atoms with Gasteiger partial charge in [0.1, 0.15) is 0 Å². The van der Waals surface area contributed by atoms with E-state index in [2.05, 4.69) is 15.9 Å². The molecule has 0 fully saturated rings. The van der Waals surface area contributed by atoms with Crippen LogP contribution in [0.4, 0.5) is 0 Å². The Bertz CT molecular complexity index is 122. The van der Waals surface area contributed by atoms with Crippen molar-refractivity contribution in [3.05, 3.63) is 21.3 Å². The molecule has 36 valence electrons. The van der Waals surface area contributed by atoms with Crippen LogP contribution in [0.2, 0.25) is 0 Å². The Balaban J connectivity index is -0.000000120. The molecule has 1 aromatic heterocycles. The van der Waals surface area contributed by atoms with E-state index in [1.165, 1.54) is 4.47 Å². The average molecular weight is 189 g/mol. The molecule has 0 N–H and O–H groups in total. The van der Waals surface area contributed by atoms with E-state index >= 15 is 0 Å². The zero-order valence-electron chi connectivity index (χ0n) is 5.73. The van der Waals surface area contributed by atoms with Crippen LogP contribution in [0.1, 0.15) is 2.85 Å². The van der Waals surface area contributed by atoms with Gasteiger partial charge in [0.05, 0.1) is 0 Å². The van der Waals surface area contributed by atoms with Crippen LogP contribution in [0, 0.1) is 0 Å². The van der Waals surface area contributed by atoms with Crippen molar-refractivity contribution >= 4 is 50.3 Å². The maximum absolute atomic E-state index is 3.29. The fraction of sp³-hybridized carbons (Fsp3) is 0. The average Bonchev–Trinajstić information content (AvgIpc) is 1.86. The van der Waals surface area contributed by atoms with E-state index in [-0.39, 0.29) is 25.9 Å². The smallest absolute Gasteiger partial charge is 1.00 e. The Hall–Kier alpha value is 0.946. The Morgan fingerprint density at radius 3 is 2.57 bits per heavy atom. The zero-order valence-corrected chi connectivity index (χ0v) is 7.54. The molecule has 7 heavy (non-hydrogen) atoms. The van der Waals surface area contributed by atoms with Gasteiger partial charge in [-0.3, -0.25) is 0 Å². The van der Waals surface area contributed by atoms with Gasteiger partial charge in [0.25, 0.3) is 0 Å². The number of hydrogen-bond donors (Lipinski definition) is 0. The van der Waals surface area contributed by atoms with Crippen molar-refractivity contribution < 1.29 is 2.85 Å². The van der Waals surface area contributed by atoms with Crippen molar-refractivity contribution in [3.8, 4) is 0 Å². The van der Waals surface area contributed by atoms with Gasteiger partial charge in [-0.15, -0.1) is 0 Å². The van der Waals surface area contributed by atoms with Crippen LogP contribution in [0.5, 0.6) is 0 Å². The molecular formula is C4H5BrMgS. The molecule has 0 unspecified atom stereocenters. The van der Waals surface area contributed by atoms with E-state index in [9.17, 15) is 0 Å². The predicted octanol–water partition coefficient (Wildman–Crippen LogP) is 2.35. The molecule has 0 nitrogen and oxygen atoms in total. The van der Waals surface area contributed by atoms with Crippen molar-refractivity contribution in [2.75, 3.05) is 0 Å². The van der Waals surface area contributed by atoms with Gasteiger partial charge in [0.2, 0.25) is 0 Å². The topological polar surface area (TPSA) is 0 Å². The predicted molar refractivity (Wildman–Crippen MR) is 40.0 cm³/mol. The Kier molecular flexibility index (Phi) is 4.42. The number of halogens is 1. The summed E-state index contributed by atoms with van der Waals surface area (Å²) in [6, 6.07) is 2.02. The summed E-state index contributed by atoms with van der Waals surface area (Å²) in [7, 11) is 0. The molecule has 3 heteroatoms. The van der Waals surface area contributed by atoms with Crippen LogP contribution in [-0.2, 0) is 0 Å². The van der Waals surface area contributed by atoms with E-state index in [1.807, 2.05) is 16.8 Å². The SMILES string of the molecule is Brc1ccsc1.[H-].[H-].[Mg+2]. The van der Waals surface area contributed by atoms with Crippen molar-refractivity contribution in [1.29, 1.82) is 0 Å². The number of rotatable bonds is 0. The van der Waals surface area contributed by atoms with E-state index in [1.54, 1.807) is 11.3 Å². The summed E-state index contributed by atoms with van der Waals surface area (Å²) in [5.41, 5.74) is 0. The van der Waals surface area contributed by atoms with Gasteiger partial charge in [-0.25, -0.2) is 0 Å². The van der Waals surface area contributed by atoms with Crippen molar-refractivity contribution in [2.24, 2.45) is 0 Å². The first-order valence-corrected chi connectivity index (χ1v) is 3.31. The summed E-state index contributed by atoms with van der Waals surface area (Å²) in [6.45, 7) is 0. The molecule has 0 aromatic carbocycles. The molecule has 1 heterocycles. The molecule has 0 radical (unpaired) electrons. The van der Waals surface area contributed by atoms with Gasteiger partial charge in [-0.05, 0) is 27.4 Å². The molecular weight excluding hydrogens is 184 g/mol. The first kappa shape index (κ1) is 7.95. The van der Waals surface area contributed by atoms with Crippen LogP contribution in [0.3, 0.4) is 0 Å². The van der Waals surface area contributed by atoms with Gasteiger partial charge in [0.15, 0.2) is 0 Å². The van der Waals surface area contributed by atoms with Gasteiger partial charge in [-0.2, -0.15) is 11.3 Å². The van der Waals surface area contributed by atoms with Crippen molar-refractivity contribution in [3.63, 3.8) is 0 Å². The molecule has 0 amide bonds. The number of hydrogen-bond acceptors (Lipinski definition) is 1. The maximum atomic E-state index is 3.29. The van der Waals surface area contributed by atoms with Crippen LogP contribution in [-0.4, -0.2) is 23.1 Å². The van der Waals surface area contributed by atoms with Gasteiger partial charge < -0.3 is 2.85 Å². The van der Waals surface area contributed by atoms with Crippen LogP contribution in [0.25, 0.3) is 0 Å². The summed E-state index contributed by atoms with van der Waals surface area (Å²) in [5, 5.41) is 4.07. The summed E-state index contributed by atoms with van der Waals surface area (Å²) in [4.78, 5) is 0. The third kappa shape index (κ3) is 2.69. The summed E-state index contributed by atoms with van der Waals surface area (Å²) < 4.78 is 1.17. The number of thiophene rings is 1. The molecule has 1 rings (SSSR count). The van der Waals surface area contributed by atoms with Crippen LogP contribution in [0.15, 0.2) is 21.3 Å². The Morgan fingerprint density at radius 2 is 2.43 bits per heavy atom. The molecule has 0 aliphatic carbocycles. The molecule has 0 spiro atoms. The molecule has 0 aliphatic rings. The van der Waals surface area contributed by atoms with Crippen molar-refractivity contribution in [2.45, 2.75) is 0 Å². The fourth-order valence-corrected chi connectivity index (χ4v) is 1.39. The third-order valence-corrected chi connectivity index (χ3v) is 1.97. The third-order valence-electron chi connectivity index (χ3n) is 0.486. The minimum absolute atomic E-state index is 0. The summed E-state index contributed by atoms with van der Waals surface area (Å²) >= 11 is 4.98. The van der Waals surface area contributed by atoms with E-state index in [0.29, 0.717) is 0 Å². The molecule has 0 aliphatic heterocycles. The van der Waals surface area contributed by atoms with E-state index < -0.39 is 0 Å². The molecule has 0 saturated carbocycles. The van der Waals surface area contributed by atoms with Crippen LogP contribution >= 0.6 is 27.3 Å². The summed E-state index contributed by atoms with van der Waals surface area (Å²) in [5.74, 6) is 0. The van der Waals surface area contributed by atoms with E-state index in [4.69, 9.17) is 0 Å². The Labute approximate surface area is 74.2 Å². The first-order chi connectivity index (χ1) is 2.89. The maximum Gasteiger partial charge on any atom is 2.00 e. The minimum atomic E-state index is 0. The largest absolute Gasteiger partial charge is 2.00 e. The molecule has 0 saturated heterocycles. The molecule has 0 atom stereocenters. The Morgan fingerprint density at radius 1 is 1.71 bits per heavy atom. The zero-order chi connectivity index (χ0) is 4.41. The second-order valence-corrected chi connectivity index (χ2v) is 2.64. The van der Waals surface area contributed by atoms with Crippen LogP contribution < -0.4 is 0 Å². The quantitative estimate of drug-likeness (QED) is 0.550. The molecule has 0 bridgehead atoms. The second-order valence-electron chi connectivity index (χ2n) is 0.942. The fourth-order valence-electron chi connectivity index (χ4n) is 0.248. The second kappa shape index (κ2) is 3.89. The standard InChI is InChI=1S/C4H3BrS.Mg.2H/c5-4-1-2-6-3-4;;;/h1-3H;;;/q;+2;2*-1.